The molecule has 2 heterocycles. The van der Waals surface area contributed by atoms with Crippen molar-refractivity contribution >= 4 is 17.2 Å². The molecule has 8 nitrogen and oxygen atoms in total. The minimum absolute atomic E-state index is 0.423. The molecule has 3 rings (SSSR count). The van der Waals surface area contributed by atoms with Gasteiger partial charge in [0.1, 0.15) is 6.33 Å². The van der Waals surface area contributed by atoms with Gasteiger partial charge in [-0.1, -0.05) is 6.08 Å². The highest BCUT2D eigenvalue weighted by Crippen LogP contribution is 2.40. The zero-order chi connectivity index (χ0) is 17.6. The van der Waals surface area contributed by atoms with Crippen molar-refractivity contribution in [1.82, 2.24) is 20.3 Å². The van der Waals surface area contributed by atoms with Crippen LogP contribution in [-0.4, -0.2) is 42.8 Å². The molecule has 0 amide bonds. The number of nitrogens with zero attached hydrogens (tertiary/aromatic N) is 3. The van der Waals surface area contributed by atoms with E-state index in [2.05, 4.69) is 25.6 Å². The molecule has 25 heavy (non-hydrogen) atoms. The minimum atomic E-state index is 0.423. The predicted molar refractivity (Wildman–Crippen MR) is 94.3 cm³/mol. The Morgan fingerprint density at radius 3 is 2.40 bits per heavy atom. The quantitative estimate of drug-likeness (QED) is 0.826. The van der Waals surface area contributed by atoms with Crippen molar-refractivity contribution < 1.29 is 14.2 Å². The maximum absolute atomic E-state index is 5.35. The summed E-state index contributed by atoms with van der Waals surface area (Å²) < 4.78 is 16.0. The van der Waals surface area contributed by atoms with Crippen LogP contribution in [0.4, 0.5) is 11.6 Å². The Morgan fingerprint density at radius 2 is 1.80 bits per heavy atom. The van der Waals surface area contributed by atoms with Gasteiger partial charge in [0.15, 0.2) is 17.3 Å². The van der Waals surface area contributed by atoms with E-state index in [-0.39, 0.29) is 0 Å². The number of rotatable bonds is 6. The van der Waals surface area contributed by atoms with E-state index in [1.807, 2.05) is 18.4 Å². The highest BCUT2D eigenvalue weighted by atomic mass is 16.5. The van der Waals surface area contributed by atoms with Crippen LogP contribution in [0.25, 0.3) is 5.57 Å². The molecule has 0 bridgehead atoms. The molecule has 0 saturated heterocycles. The van der Waals surface area contributed by atoms with E-state index < -0.39 is 0 Å². The SMILES string of the molecule is COc1cc(Nc2ncnc(C3=CCNC=C3)n2)cc(OC)c1OC. The van der Waals surface area contributed by atoms with Gasteiger partial charge in [-0.2, -0.15) is 4.98 Å². The van der Waals surface area contributed by atoms with E-state index in [0.717, 1.165) is 12.1 Å². The van der Waals surface area contributed by atoms with Crippen LogP contribution in [0, 0.1) is 0 Å². The van der Waals surface area contributed by atoms with Crippen LogP contribution in [0.1, 0.15) is 5.82 Å². The minimum Gasteiger partial charge on any atom is -0.493 e. The van der Waals surface area contributed by atoms with E-state index in [1.165, 1.54) is 6.33 Å². The topological polar surface area (TPSA) is 90.4 Å². The van der Waals surface area contributed by atoms with Crippen molar-refractivity contribution in [2.45, 2.75) is 0 Å². The average molecular weight is 341 g/mol. The number of allylic oxidation sites excluding steroid dienone is 2. The Bertz CT molecular complexity index is 795. The van der Waals surface area contributed by atoms with Crippen LogP contribution in [0.15, 0.2) is 36.8 Å². The number of methoxy groups -OCH3 is 3. The molecule has 0 saturated carbocycles. The summed E-state index contributed by atoms with van der Waals surface area (Å²) in [7, 11) is 4.70. The molecule has 130 valence electrons. The highest BCUT2D eigenvalue weighted by molar-refractivity contribution is 5.71. The summed E-state index contributed by atoms with van der Waals surface area (Å²) in [6.07, 6.45) is 7.27. The van der Waals surface area contributed by atoms with Crippen molar-refractivity contribution in [2.24, 2.45) is 0 Å². The number of hydrogen-bond acceptors (Lipinski definition) is 8. The number of ether oxygens (including phenoxy) is 3. The van der Waals surface area contributed by atoms with Gasteiger partial charge in [0.2, 0.25) is 11.7 Å². The summed E-state index contributed by atoms with van der Waals surface area (Å²) in [5, 5.41) is 6.23. The van der Waals surface area contributed by atoms with Gasteiger partial charge in [0.05, 0.1) is 21.3 Å². The molecule has 0 aliphatic carbocycles. The van der Waals surface area contributed by atoms with Crippen molar-refractivity contribution in [2.75, 3.05) is 33.2 Å². The number of aromatic nitrogens is 3. The van der Waals surface area contributed by atoms with E-state index in [9.17, 15) is 0 Å². The zero-order valence-corrected chi connectivity index (χ0v) is 14.2. The standard InChI is InChI=1S/C17H19N5O3/c1-23-13-8-12(9-14(24-2)15(13)25-3)21-17-20-10-19-16(22-17)11-4-6-18-7-5-11/h4-6,8-10,18H,7H2,1-3H3,(H,19,20,21,22). The molecule has 0 radical (unpaired) electrons. The number of dihydropyridines is 1. The van der Waals surface area contributed by atoms with Crippen LogP contribution in [0.2, 0.25) is 0 Å². The molecule has 0 spiro atoms. The maximum Gasteiger partial charge on any atom is 0.230 e. The fourth-order valence-corrected chi connectivity index (χ4v) is 2.40. The number of anilines is 2. The summed E-state index contributed by atoms with van der Waals surface area (Å²) in [5.41, 5.74) is 1.65. The maximum atomic E-state index is 5.35. The lowest BCUT2D eigenvalue weighted by Crippen LogP contribution is -2.10. The molecule has 0 atom stereocenters. The van der Waals surface area contributed by atoms with Gasteiger partial charge < -0.3 is 24.8 Å². The second-order valence-corrected chi connectivity index (χ2v) is 5.07. The lowest BCUT2D eigenvalue weighted by Gasteiger charge is -2.14. The molecular weight excluding hydrogens is 322 g/mol. The van der Waals surface area contributed by atoms with E-state index in [0.29, 0.717) is 34.7 Å². The second-order valence-electron chi connectivity index (χ2n) is 5.07. The molecule has 1 aliphatic rings. The fourth-order valence-electron chi connectivity index (χ4n) is 2.40. The Morgan fingerprint density at radius 1 is 1.04 bits per heavy atom. The van der Waals surface area contributed by atoms with Gasteiger partial charge in [-0.25, -0.2) is 9.97 Å². The van der Waals surface area contributed by atoms with Crippen molar-refractivity contribution in [3.05, 3.63) is 42.6 Å². The Labute approximate surface area is 145 Å². The number of benzene rings is 1. The van der Waals surface area contributed by atoms with Crippen LogP contribution in [0.5, 0.6) is 17.2 Å². The summed E-state index contributed by atoms with van der Waals surface area (Å²) in [5.74, 6) is 2.64. The molecule has 1 aromatic heterocycles. The van der Waals surface area contributed by atoms with E-state index >= 15 is 0 Å². The summed E-state index contributed by atoms with van der Waals surface area (Å²) in [6, 6.07) is 3.57. The van der Waals surface area contributed by atoms with Crippen LogP contribution >= 0.6 is 0 Å². The Hall–Kier alpha value is -3.29. The zero-order valence-electron chi connectivity index (χ0n) is 14.2. The molecular formula is C17H19N5O3. The number of hydrogen-bond donors (Lipinski definition) is 2. The third kappa shape index (κ3) is 3.63. The van der Waals surface area contributed by atoms with Crippen LogP contribution < -0.4 is 24.8 Å². The molecule has 1 aliphatic heterocycles. The third-order valence-electron chi connectivity index (χ3n) is 3.57. The van der Waals surface area contributed by atoms with Crippen molar-refractivity contribution in [1.29, 1.82) is 0 Å². The lowest BCUT2D eigenvalue weighted by molar-refractivity contribution is 0.324. The van der Waals surface area contributed by atoms with E-state index in [4.69, 9.17) is 14.2 Å². The summed E-state index contributed by atoms with van der Waals surface area (Å²) >= 11 is 0. The molecule has 0 unspecified atom stereocenters. The van der Waals surface area contributed by atoms with Crippen molar-refractivity contribution in [3.63, 3.8) is 0 Å². The highest BCUT2D eigenvalue weighted by Gasteiger charge is 2.14. The Balaban J connectivity index is 1.90. The van der Waals surface area contributed by atoms with E-state index in [1.54, 1.807) is 33.5 Å². The Kier molecular flexibility index (Phi) is 4.98. The van der Waals surface area contributed by atoms with Gasteiger partial charge >= 0.3 is 0 Å². The largest absolute Gasteiger partial charge is 0.493 e. The van der Waals surface area contributed by atoms with Crippen LogP contribution in [-0.2, 0) is 0 Å². The molecule has 2 aromatic rings. The first-order valence-electron chi connectivity index (χ1n) is 7.61. The summed E-state index contributed by atoms with van der Waals surface area (Å²) in [4.78, 5) is 12.8. The second kappa shape index (κ2) is 7.52. The lowest BCUT2D eigenvalue weighted by atomic mass is 10.2. The predicted octanol–water partition coefficient (Wildman–Crippen LogP) is 2.14. The van der Waals surface area contributed by atoms with Gasteiger partial charge in [0, 0.05) is 29.9 Å². The van der Waals surface area contributed by atoms with Gasteiger partial charge in [-0.3, -0.25) is 0 Å². The van der Waals surface area contributed by atoms with Gasteiger partial charge in [-0.05, 0) is 12.3 Å². The van der Waals surface area contributed by atoms with Crippen molar-refractivity contribution in [3.8, 4) is 17.2 Å². The molecule has 0 fully saturated rings. The fraction of sp³-hybridized carbons (Fsp3) is 0.235. The number of nitrogens with one attached hydrogen (secondary N) is 2. The molecule has 1 aromatic carbocycles. The molecule has 2 N–H and O–H groups in total. The average Bonchev–Trinajstić information content (AvgIpc) is 2.68. The van der Waals surface area contributed by atoms with Gasteiger partial charge in [0.25, 0.3) is 0 Å². The first kappa shape index (κ1) is 16.6. The van der Waals surface area contributed by atoms with Crippen LogP contribution in [0.3, 0.4) is 0 Å². The van der Waals surface area contributed by atoms with Gasteiger partial charge in [-0.15, -0.1) is 0 Å². The monoisotopic (exact) mass is 341 g/mol. The smallest absolute Gasteiger partial charge is 0.230 e. The first-order chi connectivity index (χ1) is 12.2. The normalized spacial score (nSPS) is 12.8. The third-order valence-corrected chi connectivity index (χ3v) is 3.57. The first-order valence-corrected chi connectivity index (χ1v) is 7.61. The summed E-state index contributed by atoms with van der Waals surface area (Å²) in [6.45, 7) is 0.743. The molecule has 8 heteroatoms.